The number of benzene rings is 1. The standard InChI is InChI=1S/C14H21NO/c1-4-12(2)15-11-7-9-13-8-5-6-10-14(13)16-3/h5-10,12,15H,4,11H2,1-3H3. The van der Waals surface area contributed by atoms with Crippen molar-refractivity contribution in [3.8, 4) is 5.75 Å². The second kappa shape index (κ2) is 7.07. The van der Waals surface area contributed by atoms with Gasteiger partial charge >= 0.3 is 0 Å². The summed E-state index contributed by atoms with van der Waals surface area (Å²) in [7, 11) is 1.70. The van der Waals surface area contributed by atoms with Gasteiger partial charge < -0.3 is 10.1 Å². The zero-order valence-corrected chi connectivity index (χ0v) is 10.4. The van der Waals surface area contributed by atoms with Crippen molar-refractivity contribution in [1.29, 1.82) is 0 Å². The quantitative estimate of drug-likeness (QED) is 0.793. The summed E-state index contributed by atoms with van der Waals surface area (Å²) >= 11 is 0. The molecule has 0 aromatic heterocycles. The Labute approximate surface area is 98.3 Å². The molecule has 1 aromatic rings. The van der Waals surface area contributed by atoms with Crippen LogP contribution >= 0.6 is 0 Å². The second-order valence-electron chi connectivity index (χ2n) is 3.86. The van der Waals surface area contributed by atoms with Crippen LogP contribution in [0, 0.1) is 0 Å². The van der Waals surface area contributed by atoms with Gasteiger partial charge in [0.2, 0.25) is 0 Å². The van der Waals surface area contributed by atoms with Crippen LogP contribution < -0.4 is 10.1 Å². The smallest absolute Gasteiger partial charge is 0.126 e. The molecule has 0 aliphatic heterocycles. The Kier molecular flexibility index (Phi) is 5.65. The van der Waals surface area contributed by atoms with Gasteiger partial charge in [0, 0.05) is 18.2 Å². The molecule has 1 N–H and O–H groups in total. The van der Waals surface area contributed by atoms with E-state index in [1.165, 1.54) is 0 Å². The zero-order valence-electron chi connectivity index (χ0n) is 10.4. The molecule has 0 spiro atoms. The SMILES string of the molecule is CCC(C)NCC=Cc1ccccc1OC. The van der Waals surface area contributed by atoms with Gasteiger partial charge in [-0.25, -0.2) is 0 Å². The van der Waals surface area contributed by atoms with E-state index < -0.39 is 0 Å². The number of ether oxygens (including phenoxy) is 1. The van der Waals surface area contributed by atoms with E-state index in [9.17, 15) is 0 Å². The first-order valence-electron chi connectivity index (χ1n) is 5.80. The van der Waals surface area contributed by atoms with Crippen LogP contribution in [-0.4, -0.2) is 19.7 Å². The van der Waals surface area contributed by atoms with Crippen LogP contribution in [-0.2, 0) is 0 Å². The third-order valence-corrected chi connectivity index (χ3v) is 2.63. The summed E-state index contributed by atoms with van der Waals surface area (Å²) in [4.78, 5) is 0. The lowest BCUT2D eigenvalue weighted by atomic mass is 10.2. The van der Waals surface area contributed by atoms with Gasteiger partial charge in [0.25, 0.3) is 0 Å². The highest BCUT2D eigenvalue weighted by atomic mass is 16.5. The first kappa shape index (κ1) is 12.8. The fraction of sp³-hybridized carbons (Fsp3) is 0.429. The van der Waals surface area contributed by atoms with Crippen molar-refractivity contribution >= 4 is 6.08 Å². The summed E-state index contributed by atoms with van der Waals surface area (Å²) in [5.74, 6) is 0.919. The van der Waals surface area contributed by atoms with Crippen molar-refractivity contribution in [3.05, 3.63) is 35.9 Å². The molecule has 0 heterocycles. The molecule has 0 aliphatic carbocycles. The summed E-state index contributed by atoms with van der Waals surface area (Å²) in [6.07, 6.45) is 5.38. The maximum Gasteiger partial charge on any atom is 0.126 e. The van der Waals surface area contributed by atoms with Gasteiger partial charge in [0.15, 0.2) is 0 Å². The third kappa shape index (κ3) is 4.07. The van der Waals surface area contributed by atoms with Crippen LogP contribution in [0.4, 0.5) is 0 Å². The van der Waals surface area contributed by atoms with Crippen LogP contribution in [0.1, 0.15) is 25.8 Å². The lowest BCUT2D eigenvalue weighted by molar-refractivity contribution is 0.414. The molecule has 0 fully saturated rings. The van der Waals surface area contributed by atoms with Gasteiger partial charge in [0.05, 0.1) is 7.11 Å². The second-order valence-corrected chi connectivity index (χ2v) is 3.86. The lowest BCUT2D eigenvalue weighted by Gasteiger charge is -2.08. The van der Waals surface area contributed by atoms with E-state index in [1.54, 1.807) is 7.11 Å². The Hall–Kier alpha value is -1.28. The van der Waals surface area contributed by atoms with Crippen molar-refractivity contribution in [2.75, 3.05) is 13.7 Å². The molecule has 0 amide bonds. The number of hydrogen-bond acceptors (Lipinski definition) is 2. The predicted molar refractivity (Wildman–Crippen MR) is 69.8 cm³/mol. The van der Waals surface area contributed by atoms with E-state index in [0.717, 1.165) is 24.3 Å². The van der Waals surface area contributed by atoms with E-state index >= 15 is 0 Å². The van der Waals surface area contributed by atoms with Gasteiger partial charge in [-0.3, -0.25) is 0 Å². The number of nitrogens with one attached hydrogen (secondary N) is 1. The van der Waals surface area contributed by atoms with E-state index in [0.29, 0.717) is 6.04 Å². The first-order chi connectivity index (χ1) is 7.77. The van der Waals surface area contributed by atoms with Crippen LogP contribution in [0.5, 0.6) is 5.75 Å². The van der Waals surface area contributed by atoms with Crippen molar-refractivity contribution in [2.24, 2.45) is 0 Å². The normalized spacial score (nSPS) is 12.9. The first-order valence-corrected chi connectivity index (χ1v) is 5.80. The monoisotopic (exact) mass is 219 g/mol. The number of methoxy groups -OCH3 is 1. The Morgan fingerprint density at radius 2 is 2.12 bits per heavy atom. The van der Waals surface area contributed by atoms with Crippen molar-refractivity contribution in [3.63, 3.8) is 0 Å². The predicted octanol–water partition coefficient (Wildman–Crippen LogP) is 3.10. The molecular formula is C14H21NO. The molecule has 0 radical (unpaired) electrons. The average molecular weight is 219 g/mol. The molecule has 1 unspecified atom stereocenters. The van der Waals surface area contributed by atoms with Crippen LogP contribution in [0.2, 0.25) is 0 Å². The summed E-state index contributed by atoms with van der Waals surface area (Å²) in [5, 5.41) is 3.41. The van der Waals surface area contributed by atoms with Crippen molar-refractivity contribution in [2.45, 2.75) is 26.3 Å². The Bertz CT molecular complexity index is 333. The summed E-state index contributed by atoms with van der Waals surface area (Å²) in [6.45, 7) is 5.27. The topological polar surface area (TPSA) is 21.3 Å². The van der Waals surface area contributed by atoms with Gasteiger partial charge in [-0.05, 0) is 19.4 Å². The van der Waals surface area contributed by atoms with E-state index in [1.807, 2.05) is 18.2 Å². The molecule has 0 bridgehead atoms. The molecule has 2 heteroatoms. The lowest BCUT2D eigenvalue weighted by Crippen LogP contribution is -2.24. The minimum atomic E-state index is 0.572. The largest absolute Gasteiger partial charge is 0.496 e. The molecule has 88 valence electrons. The summed E-state index contributed by atoms with van der Waals surface area (Å²) in [5.41, 5.74) is 1.12. The fourth-order valence-electron chi connectivity index (χ4n) is 1.40. The highest BCUT2D eigenvalue weighted by Gasteiger charge is 1.96. The van der Waals surface area contributed by atoms with Gasteiger partial charge in [0.1, 0.15) is 5.75 Å². The minimum absolute atomic E-state index is 0.572. The average Bonchev–Trinajstić information content (AvgIpc) is 2.34. The molecule has 1 aromatic carbocycles. The van der Waals surface area contributed by atoms with Crippen molar-refractivity contribution < 1.29 is 4.74 Å². The fourth-order valence-corrected chi connectivity index (χ4v) is 1.40. The molecule has 2 nitrogen and oxygen atoms in total. The summed E-state index contributed by atoms with van der Waals surface area (Å²) < 4.78 is 5.27. The van der Waals surface area contributed by atoms with Gasteiger partial charge in [-0.15, -0.1) is 0 Å². The molecule has 1 atom stereocenters. The van der Waals surface area contributed by atoms with Gasteiger partial charge in [-0.1, -0.05) is 37.3 Å². The number of para-hydroxylation sites is 1. The minimum Gasteiger partial charge on any atom is -0.496 e. The summed E-state index contributed by atoms with van der Waals surface area (Å²) in [6, 6.07) is 8.60. The molecule has 1 rings (SSSR count). The highest BCUT2D eigenvalue weighted by Crippen LogP contribution is 2.18. The maximum absolute atomic E-state index is 5.27. The number of rotatable bonds is 6. The van der Waals surface area contributed by atoms with E-state index in [4.69, 9.17) is 4.74 Å². The van der Waals surface area contributed by atoms with Crippen LogP contribution in [0.25, 0.3) is 6.08 Å². The Balaban J connectivity index is 2.49. The molecular weight excluding hydrogens is 198 g/mol. The molecule has 0 saturated heterocycles. The maximum atomic E-state index is 5.27. The van der Waals surface area contributed by atoms with Crippen LogP contribution in [0.3, 0.4) is 0 Å². The van der Waals surface area contributed by atoms with E-state index in [-0.39, 0.29) is 0 Å². The van der Waals surface area contributed by atoms with Crippen LogP contribution in [0.15, 0.2) is 30.3 Å². The highest BCUT2D eigenvalue weighted by molar-refractivity contribution is 5.57. The Morgan fingerprint density at radius 3 is 2.81 bits per heavy atom. The molecule has 0 saturated carbocycles. The molecule has 16 heavy (non-hydrogen) atoms. The van der Waals surface area contributed by atoms with Gasteiger partial charge in [-0.2, -0.15) is 0 Å². The third-order valence-electron chi connectivity index (χ3n) is 2.63. The molecule has 0 aliphatic rings. The zero-order chi connectivity index (χ0) is 11.8. The van der Waals surface area contributed by atoms with E-state index in [2.05, 4.69) is 37.4 Å². The number of hydrogen-bond donors (Lipinski definition) is 1. The Morgan fingerprint density at radius 1 is 1.38 bits per heavy atom. The van der Waals surface area contributed by atoms with Crippen molar-refractivity contribution in [1.82, 2.24) is 5.32 Å².